The molecular weight excluding hydrogens is 419 g/mol. The SMILES string of the molecule is CCn1cc(CN2CCOC(c3nccnc3-c3ccc(OC)cc3)C2)c2ccc(F)cc21. The molecule has 3 heterocycles. The summed E-state index contributed by atoms with van der Waals surface area (Å²) in [5, 5.41) is 1.10. The molecule has 1 unspecified atom stereocenters. The van der Waals surface area contributed by atoms with Gasteiger partial charge in [0.25, 0.3) is 0 Å². The van der Waals surface area contributed by atoms with Crippen molar-refractivity contribution in [2.24, 2.45) is 0 Å². The fourth-order valence-electron chi connectivity index (χ4n) is 4.54. The third kappa shape index (κ3) is 4.34. The van der Waals surface area contributed by atoms with E-state index in [1.165, 1.54) is 11.6 Å². The molecule has 6 nitrogen and oxygen atoms in total. The van der Waals surface area contributed by atoms with Crippen molar-refractivity contribution in [3.63, 3.8) is 0 Å². The van der Waals surface area contributed by atoms with E-state index in [1.807, 2.05) is 30.3 Å². The highest BCUT2D eigenvalue weighted by atomic mass is 19.1. The Kier molecular flexibility index (Phi) is 6.07. The van der Waals surface area contributed by atoms with Crippen LogP contribution in [-0.2, 0) is 17.8 Å². The number of aromatic nitrogens is 3. The van der Waals surface area contributed by atoms with Crippen molar-refractivity contribution >= 4 is 10.9 Å². The number of benzene rings is 2. The molecule has 1 atom stereocenters. The highest BCUT2D eigenvalue weighted by molar-refractivity contribution is 5.84. The molecule has 33 heavy (non-hydrogen) atoms. The zero-order valence-corrected chi connectivity index (χ0v) is 18.9. The second-order valence-electron chi connectivity index (χ2n) is 8.22. The van der Waals surface area contributed by atoms with Gasteiger partial charge in [-0.15, -0.1) is 0 Å². The number of fused-ring (bicyclic) bond motifs is 1. The van der Waals surface area contributed by atoms with Gasteiger partial charge in [0.15, 0.2) is 0 Å². The summed E-state index contributed by atoms with van der Waals surface area (Å²) >= 11 is 0. The van der Waals surface area contributed by atoms with Gasteiger partial charge in [-0.25, -0.2) is 4.39 Å². The lowest BCUT2D eigenvalue weighted by atomic mass is 10.0. The molecule has 1 saturated heterocycles. The molecule has 0 spiro atoms. The minimum Gasteiger partial charge on any atom is -0.497 e. The maximum Gasteiger partial charge on any atom is 0.125 e. The standard InChI is InChI=1S/C26H27FN4O2/c1-3-31-16-19(22-9-6-20(27)14-23(22)31)15-30-12-13-33-24(17-30)26-25(28-10-11-29-26)18-4-7-21(32-2)8-5-18/h4-11,14,16,24H,3,12-13,15,17H2,1-2H3. The van der Waals surface area contributed by atoms with Gasteiger partial charge in [0, 0.05) is 55.7 Å². The monoisotopic (exact) mass is 446 g/mol. The lowest BCUT2D eigenvalue weighted by Crippen LogP contribution is -2.38. The minimum absolute atomic E-state index is 0.179. The van der Waals surface area contributed by atoms with Crippen molar-refractivity contribution in [2.45, 2.75) is 26.1 Å². The molecule has 0 N–H and O–H groups in total. The first-order valence-electron chi connectivity index (χ1n) is 11.2. The van der Waals surface area contributed by atoms with Crippen LogP contribution in [0, 0.1) is 5.82 Å². The van der Waals surface area contributed by atoms with Crippen LogP contribution < -0.4 is 4.74 Å². The molecule has 0 aliphatic carbocycles. The Morgan fingerprint density at radius 2 is 1.94 bits per heavy atom. The molecule has 5 rings (SSSR count). The Morgan fingerprint density at radius 3 is 2.73 bits per heavy atom. The van der Waals surface area contributed by atoms with Crippen molar-refractivity contribution in [3.8, 4) is 17.0 Å². The van der Waals surface area contributed by atoms with Gasteiger partial charge in [-0.1, -0.05) is 0 Å². The zero-order valence-electron chi connectivity index (χ0n) is 18.9. The van der Waals surface area contributed by atoms with Gasteiger partial charge < -0.3 is 14.0 Å². The molecule has 170 valence electrons. The van der Waals surface area contributed by atoms with Crippen molar-refractivity contribution in [3.05, 3.63) is 78.1 Å². The van der Waals surface area contributed by atoms with Crippen LogP contribution in [0.5, 0.6) is 5.75 Å². The van der Waals surface area contributed by atoms with E-state index in [1.54, 1.807) is 25.6 Å². The van der Waals surface area contributed by atoms with E-state index in [2.05, 4.69) is 32.6 Å². The largest absolute Gasteiger partial charge is 0.497 e. The van der Waals surface area contributed by atoms with Gasteiger partial charge in [0.2, 0.25) is 0 Å². The molecule has 2 aromatic carbocycles. The molecule has 0 saturated carbocycles. The van der Waals surface area contributed by atoms with Crippen LogP contribution in [0.25, 0.3) is 22.2 Å². The quantitative estimate of drug-likeness (QED) is 0.424. The van der Waals surface area contributed by atoms with Gasteiger partial charge in [0.05, 0.1) is 30.6 Å². The molecule has 4 aromatic rings. The average Bonchev–Trinajstić information content (AvgIpc) is 3.20. The molecular formula is C26H27FN4O2. The van der Waals surface area contributed by atoms with Gasteiger partial charge in [0.1, 0.15) is 17.7 Å². The number of rotatable bonds is 6. The molecule has 1 fully saturated rings. The van der Waals surface area contributed by atoms with Crippen LogP contribution in [0.2, 0.25) is 0 Å². The van der Waals surface area contributed by atoms with Crippen LogP contribution in [0.4, 0.5) is 4.39 Å². The number of aryl methyl sites for hydroxylation is 1. The maximum absolute atomic E-state index is 13.8. The van der Waals surface area contributed by atoms with Gasteiger partial charge in [-0.2, -0.15) is 0 Å². The predicted molar refractivity (Wildman–Crippen MR) is 126 cm³/mol. The summed E-state index contributed by atoms with van der Waals surface area (Å²) in [7, 11) is 1.65. The summed E-state index contributed by atoms with van der Waals surface area (Å²) in [5.41, 5.74) is 4.78. The molecule has 0 bridgehead atoms. The van der Waals surface area contributed by atoms with Crippen LogP contribution in [0.15, 0.2) is 61.1 Å². The maximum atomic E-state index is 13.8. The first-order chi connectivity index (χ1) is 16.2. The Balaban J connectivity index is 1.40. The molecule has 0 radical (unpaired) electrons. The lowest BCUT2D eigenvalue weighted by Gasteiger charge is -2.33. The Hall–Kier alpha value is -3.29. The zero-order chi connectivity index (χ0) is 22.8. The fraction of sp³-hybridized carbons (Fsp3) is 0.308. The van der Waals surface area contributed by atoms with Crippen molar-refractivity contribution in [2.75, 3.05) is 26.8 Å². The smallest absolute Gasteiger partial charge is 0.125 e. The van der Waals surface area contributed by atoms with E-state index >= 15 is 0 Å². The van der Waals surface area contributed by atoms with Crippen LogP contribution in [0.3, 0.4) is 0 Å². The summed E-state index contributed by atoms with van der Waals surface area (Å²) in [6, 6.07) is 12.9. The number of hydrogen-bond donors (Lipinski definition) is 0. The molecule has 7 heteroatoms. The molecule has 0 amide bonds. The highest BCUT2D eigenvalue weighted by Gasteiger charge is 2.27. The summed E-state index contributed by atoms with van der Waals surface area (Å²) in [6.45, 7) is 5.80. The van der Waals surface area contributed by atoms with Crippen LogP contribution in [0.1, 0.15) is 24.3 Å². The summed E-state index contributed by atoms with van der Waals surface area (Å²) in [6.07, 6.45) is 5.39. The minimum atomic E-state index is -0.206. The number of morpholine rings is 1. The van der Waals surface area contributed by atoms with E-state index in [4.69, 9.17) is 9.47 Å². The predicted octanol–water partition coefficient (Wildman–Crippen LogP) is 4.84. The second kappa shape index (κ2) is 9.29. The summed E-state index contributed by atoms with van der Waals surface area (Å²) < 4.78 is 27.4. The summed E-state index contributed by atoms with van der Waals surface area (Å²) in [4.78, 5) is 11.6. The van der Waals surface area contributed by atoms with Crippen molar-refractivity contribution in [1.29, 1.82) is 0 Å². The Labute approximate surface area is 192 Å². The fourth-order valence-corrected chi connectivity index (χ4v) is 4.54. The Bertz CT molecular complexity index is 1260. The average molecular weight is 447 g/mol. The normalized spacial score (nSPS) is 16.9. The molecule has 1 aliphatic heterocycles. The first-order valence-corrected chi connectivity index (χ1v) is 11.2. The van der Waals surface area contributed by atoms with E-state index in [-0.39, 0.29) is 11.9 Å². The van der Waals surface area contributed by atoms with E-state index in [0.29, 0.717) is 13.2 Å². The summed E-state index contributed by atoms with van der Waals surface area (Å²) in [5.74, 6) is 0.595. The van der Waals surface area contributed by atoms with Gasteiger partial charge >= 0.3 is 0 Å². The second-order valence-corrected chi connectivity index (χ2v) is 8.22. The van der Waals surface area contributed by atoms with Crippen LogP contribution >= 0.6 is 0 Å². The molecule has 2 aromatic heterocycles. The number of halogens is 1. The number of methoxy groups -OCH3 is 1. The van der Waals surface area contributed by atoms with E-state index in [9.17, 15) is 4.39 Å². The third-order valence-corrected chi connectivity index (χ3v) is 6.21. The molecule has 1 aliphatic rings. The van der Waals surface area contributed by atoms with Crippen LogP contribution in [-0.4, -0.2) is 46.2 Å². The van der Waals surface area contributed by atoms with E-state index in [0.717, 1.165) is 53.2 Å². The third-order valence-electron chi connectivity index (χ3n) is 6.21. The topological polar surface area (TPSA) is 52.4 Å². The van der Waals surface area contributed by atoms with Gasteiger partial charge in [-0.05, 0) is 55.0 Å². The highest BCUT2D eigenvalue weighted by Crippen LogP contribution is 2.31. The lowest BCUT2D eigenvalue weighted by molar-refractivity contribution is -0.0347. The number of ether oxygens (including phenoxy) is 2. The first kappa shape index (κ1) is 21.6. The Morgan fingerprint density at radius 1 is 1.12 bits per heavy atom. The van der Waals surface area contributed by atoms with Crippen molar-refractivity contribution in [1.82, 2.24) is 19.4 Å². The van der Waals surface area contributed by atoms with E-state index < -0.39 is 0 Å². The number of nitrogens with zero attached hydrogens (tertiary/aromatic N) is 4. The number of hydrogen-bond acceptors (Lipinski definition) is 5. The van der Waals surface area contributed by atoms with Crippen molar-refractivity contribution < 1.29 is 13.9 Å². The van der Waals surface area contributed by atoms with Gasteiger partial charge in [-0.3, -0.25) is 14.9 Å².